The van der Waals surface area contributed by atoms with Crippen LogP contribution in [0.25, 0.3) is 0 Å². The Morgan fingerprint density at radius 2 is 2.32 bits per heavy atom. The minimum absolute atomic E-state index is 0.00100. The van der Waals surface area contributed by atoms with Crippen molar-refractivity contribution >= 4 is 5.82 Å². The number of rotatable bonds is 2. The molecule has 3 unspecified atom stereocenters. The van der Waals surface area contributed by atoms with Gasteiger partial charge in [0.25, 0.3) is 0 Å². The molecule has 0 radical (unpaired) electrons. The summed E-state index contributed by atoms with van der Waals surface area (Å²) in [5, 5.41) is 38.3. The lowest BCUT2D eigenvalue weighted by Gasteiger charge is -2.27. The highest BCUT2D eigenvalue weighted by Gasteiger charge is 2.55. The number of aromatic nitrogens is 2. The molecule has 1 heterocycles. The van der Waals surface area contributed by atoms with E-state index in [1.807, 2.05) is 6.07 Å². The summed E-state index contributed by atoms with van der Waals surface area (Å²) in [6.07, 6.45) is -1.57. The van der Waals surface area contributed by atoms with E-state index in [4.69, 9.17) is 10.8 Å². The molecule has 1 aromatic rings. The second-order valence-electron chi connectivity index (χ2n) is 4.62. The zero-order valence-electron chi connectivity index (χ0n) is 9.97. The van der Waals surface area contributed by atoms with Gasteiger partial charge in [0.15, 0.2) is 5.54 Å². The number of aliphatic hydroxyl groups is 3. The van der Waals surface area contributed by atoms with Crippen LogP contribution in [0.15, 0.2) is 17.1 Å². The van der Waals surface area contributed by atoms with Crippen LogP contribution < -0.4 is 11.4 Å². The summed E-state index contributed by atoms with van der Waals surface area (Å²) in [5.74, 6) is -0.680. The molecule has 5 N–H and O–H groups in total. The summed E-state index contributed by atoms with van der Waals surface area (Å²) in [6.45, 7) is -0.390. The van der Waals surface area contributed by atoms with Crippen molar-refractivity contribution < 1.29 is 15.3 Å². The topological polar surface area (TPSA) is 145 Å². The molecule has 0 saturated heterocycles. The van der Waals surface area contributed by atoms with Crippen LogP contribution in [0.3, 0.4) is 0 Å². The first kappa shape index (κ1) is 13.5. The Kier molecular flexibility index (Phi) is 3.28. The van der Waals surface area contributed by atoms with Gasteiger partial charge in [-0.15, -0.1) is 0 Å². The molecule has 4 atom stereocenters. The highest BCUT2D eigenvalue weighted by atomic mass is 16.3. The van der Waals surface area contributed by atoms with E-state index in [0.29, 0.717) is 0 Å². The first-order chi connectivity index (χ1) is 8.96. The second kappa shape index (κ2) is 4.62. The predicted molar refractivity (Wildman–Crippen MR) is 63.7 cm³/mol. The van der Waals surface area contributed by atoms with Gasteiger partial charge in [0.1, 0.15) is 11.9 Å². The molecule has 8 nitrogen and oxygen atoms in total. The third-order valence-electron chi connectivity index (χ3n) is 3.55. The monoisotopic (exact) mass is 266 g/mol. The molecule has 1 aliphatic rings. The number of anilines is 1. The van der Waals surface area contributed by atoms with Gasteiger partial charge in [-0.05, 0) is 12.5 Å². The summed E-state index contributed by atoms with van der Waals surface area (Å²) in [6, 6.07) is 3.18. The Bertz CT molecular complexity index is 581. The first-order valence-corrected chi connectivity index (χ1v) is 5.70. The van der Waals surface area contributed by atoms with E-state index >= 15 is 0 Å². The van der Waals surface area contributed by atoms with Crippen molar-refractivity contribution in [1.82, 2.24) is 9.55 Å². The smallest absolute Gasteiger partial charge is 0.350 e. The number of nitrogen functional groups attached to an aromatic ring is 1. The average Bonchev–Trinajstić information content (AvgIpc) is 2.64. The quantitative estimate of drug-likeness (QED) is 0.474. The first-order valence-electron chi connectivity index (χ1n) is 5.70. The van der Waals surface area contributed by atoms with Crippen LogP contribution in [0.2, 0.25) is 0 Å². The number of nitrogens with two attached hydrogens (primary N) is 1. The third-order valence-corrected chi connectivity index (χ3v) is 3.55. The van der Waals surface area contributed by atoms with Crippen LogP contribution in [0, 0.1) is 17.2 Å². The van der Waals surface area contributed by atoms with Crippen molar-refractivity contribution in [2.24, 2.45) is 5.92 Å². The summed E-state index contributed by atoms with van der Waals surface area (Å²) in [5.41, 5.74) is 2.93. The zero-order valence-corrected chi connectivity index (χ0v) is 9.97. The summed E-state index contributed by atoms with van der Waals surface area (Å²) < 4.78 is 0.951. The molecule has 1 aliphatic carbocycles. The molecule has 0 aliphatic heterocycles. The molecule has 1 aromatic heterocycles. The fourth-order valence-corrected chi connectivity index (χ4v) is 2.48. The van der Waals surface area contributed by atoms with Crippen molar-refractivity contribution in [3.05, 3.63) is 22.7 Å². The van der Waals surface area contributed by atoms with Crippen LogP contribution in [0.1, 0.15) is 6.42 Å². The third kappa shape index (κ3) is 1.88. The van der Waals surface area contributed by atoms with E-state index in [9.17, 15) is 20.3 Å². The summed E-state index contributed by atoms with van der Waals surface area (Å²) in [7, 11) is 0. The molecular weight excluding hydrogens is 252 g/mol. The lowest BCUT2D eigenvalue weighted by atomic mass is 9.95. The van der Waals surface area contributed by atoms with E-state index in [1.54, 1.807) is 0 Å². The SMILES string of the molecule is N#CC1(n2ccc(N)nc2=O)C[C@H](CO)C(O)C1O. The van der Waals surface area contributed by atoms with Gasteiger partial charge in [-0.25, -0.2) is 4.79 Å². The fourth-order valence-electron chi connectivity index (χ4n) is 2.48. The Labute approximate surface area is 108 Å². The van der Waals surface area contributed by atoms with Crippen LogP contribution >= 0.6 is 0 Å². The van der Waals surface area contributed by atoms with Gasteiger partial charge in [-0.3, -0.25) is 4.57 Å². The van der Waals surface area contributed by atoms with Crippen LogP contribution in [0.4, 0.5) is 5.82 Å². The largest absolute Gasteiger partial charge is 0.396 e. The lowest BCUT2D eigenvalue weighted by molar-refractivity contribution is -0.0169. The van der Waals surface area contributed by atoms with Crippen molar-refractivity contribution in [2.45, 2.75) is 24.2 Å². The maximum atomic E-state index is 11.8. The van der Waals surface area contributed by atoms with Crippen molar-refractivity contribution in [3.63, 3.8) is 0 Å². The normalized spacial score (nSPS) is 34.1. The molecule has 8 heteroatoms. The predicted octanol–water partition coefficient (Wildman–Crippen LogP) is -2.22. The van der Waals surface area contributed by atoms with E-state index in [-0.39, 0.29) is 12.2 Å². The molecule has 0 spiro atoms. The Balaban J connectivity index is 2.56. The van der Waals surface area contributed by atoms with Gasteiger partial charge in [0.05, 0.1) is 12.2 Å². The van der Waals surface area contributed by atoms with Crippen LogP contribution in [0.5, 0.6) is 0 Å². The minimum atomic E-state index is -1.65. The Morgan fingerprint density at radius 1 is 1.63 bits per heavy atom. The maximum absolute atomic E-state index is 11.8. The zero-order chi connectivity index (χ0) is 14.2. The summed E-state index contributed by atoms with van der Waals surface area (Å²) in [4.78, 5) is 15.3. The van der Waals surface area contributed by atoms with Crippen molar-refractivity contribution in [2.75, 3.05) is 12.3 Å². The van der Waals surface area contributed by atoms with E-state index in [0.717, 1.165) is 4.57 Å². The molecular formula is C11H14N4O4. The molecule has 19 heavy (non-hydrogen) atoms. The highest BCUT2D eigenvalue weighted by molar-refractivity contribution is 5.26. The van der Waals surface area contributed by atoms with Gasteiger partial charge in [0, 0.05) is 18.7 Å². The standard InChI is InChI=1S/C11H14N4O4/c12-5-11(3-6(4-16)8(17)9(11)18)15-2-1-7(13)14-10(15)19/h1-2,6,8-9,16-18H,3-4H2,(H2,13,14,19)/t6-,8?,9?,11?/m1/s1. The fraction of sp³-hybridized carbons (Fsp3) is 0.545. The average molecular weight is 266 g/mol. The molecule has 0 aromatic carbocycles. The van der Waals surface area contributed by atoms with Gasteiger partial charge in [0.2, 0.25) is 0 Å². The van der Waals surface area contributed by atoms with E-state index in [2.05, 4.69) is 4.98 Å². The number of hydrogen-bond acceptors (Lipinski definition) is 7. The van der Waals surface area contributed by atoms with Crippen molar-refractivity contribution in [3.8, 4) is 6.07 Å². The highest BCUT2D eigenvalue weighted by Crippen LogP contribution is 2.39. The molecule has 102 valence electrons. The van der Waals surface area contributed by atoms with Gasteiger partial charge in [-0.2, -0.15) is 10.2 Å². The maximum Gasteiger partial charge on any atom is 0.350 e. The molecule has 1 fully saturated rings. The van der Waals surface area contributed by atoms with Crippen molar-refractivity contribution in [1.29, 1.82) is 5.26 Å². The van der Waals surface area contributed by atoms with Gasteiger partial charge < -0.3 is 21.1 Å². The van der Waals surface area contributed by atoms with Gasteiger partial charge in [-0.1, -0.05) is 0 Å². The lowest BCUT2D eigenvalue weighted by Crippen LogP contribution is -2.48. The Morgan fingerprint density at radius 3 is 2.79 bits per heavy atom. The van der Waals surface area contributed by atoms with Crippen LogP contribution in [-0.4, -0.2) is 43.7 Å². The van der Waals surface area contributed by atoms with Gasteiger partial charge >= 0.3 is 5.69 Å². The summed E-state index contributed by atoms with van der Waals surface area (Å²) >= 11 is 0. The molecule has 0 bridgehead atoms. The van der Waals surface area contributed by atoms with E-state index in [1.165, 1.54) is 12.3 Å². The van der Waals surface area contributed by atoms with Crippen LogP contribution in [-0.2, 0) is 5.54 Å². The molecule has 2 rings (SSSR count). The number of aliphatic hydroxyl groups excluding tert-OH is 3. The molecule has 1 saturated carbocycles. The number of nitriles is 1. The number of hydrogen-bond donors (Lipinski definition) is 4. The Hall–Kier alpha value is -1.95. The van der Waals surface area contributed by atoms with E-state index < -0.39 is 36.0 Å². The number of nitrogens with zero attached hydrogens (tertiary/aromatic N) is 3. The second-order valence-corrected chi connectivity index (χ2v) is 4.62. The minimum Gasteiger partial charge on any atom is -0.396 e. The molecule has 0 amide bonds.